The number of Topliss-reactive ketones (excluding diaryl/α,β-unsaturated/α-hetero) is 1. The monoisotopic (exact) mass is 506 g/mol. The van der Waals surface area contributed by atoms with Gasteiger partial charge in [0.2, 0.25) is 5.82 Å². The maximum Gasteiger partial charge on any atom is 0.268 e. The van der Waals surface area contributed by atoms with Crippen LogP contribution in [0.5, 0.6) is 5.75 Å². The Balaban J connectivity index is 0.00000432. The number of hydrogen-bond acceptors (Lipinski definition) is 8. The number of ketones is 1. The van der Waals surface area contributed by atoms with Crippen LogP contribution in [0.4, 0.5) is 4.39 Å². The standard InChI is InChI=1S/C24H27FN4O5.ClH/c1-5-20(33-16-7-9-19(26-11-16)21(31)13(2)3)24-28-22(29-34-24)15-6-8-17(18(25)10-15)23(32)27-14(4)12-30;/h6-11,13-14,20,30H,5,12H2,1-4H3,(H,27,32);1H. The molecule has 2 N–H and O–H groups in total. The normalized spacial score (nSPS) is 12.5. The minimum atomic E-state index is -0.753. The van der Waals surface area contributed by atoms with E-state index in [9.17, 15) is 14.0 Å². The fraction of sp³-hybridized carbons (Fsp3) is 0.375. The SMILES string of the molecule is CCC(Oc1ccc(C(=O)C(C)C)nc1)c1nc(-c2ccc(C(=O)NC(C)CO)c(F)c2)no1.Cl. The second kappa shape index (κ2) is 12.4. The van der Waals surface area contributed by atoms with E-state index < -0.39 is 23.9 Å². The number of hydrogen-bond donors (Lipinski definition) is 2. The number of aliphatic hydroxyl groups excluding tert-OH is 1. The maximum atomic E-state index is 14.5. The molecule has 9 nitrogen and oxygen atoms in total. The van der Waals surface area contributed by atoms with Crippen LogP contribution in [-0.4, -0.2) is 44.6 Å². The van der Waals surface area contributed by atoms with Crippen LogP contribution in [-0.2, 0) is 0 Å². The van der Waals surface area contributed by atoms with Crippen molar-refractivity contribution in [1.29, 1.82) is 0 Å². The van der Waals surface area contributed by atoms with Crippen molar-refractivity contribution in [3.8, 4) is 17.1 Å². The largest absolute Gasteiger partial charge is 0.479 e. The summed E-state index contributed by atoms with van der Waals surface area (Å²) in [6.45, 7) is 6.83. The molecule has 1 amide bonds. The predicted octanol–water partition coefficient (Wildman–Crippen LogP) is 4.17. The van der Waals surface area contributed by atoms with Crippen molar-refractivity contribution in [2.24, 2.45) is 5.92 Å². The molecule has 2 unspecified atom stereocenters. The Bertz CT molecular complexity index is 1150. The molecule has 0 bridgehead atoms. The van der Waals surface area contributed by atoms with Gasteiger partial charge in [-0.1, -0.05) is 32.0 Å². The van der Waals surface area contributed by atoms with Gasteiger partial charge in [-0.2, -0.15) is 4.98 Å². The quantitative estimate of drug-likeness (QED) is 0.392. The number of amides is 1. The van der Waals surface area contributed by atoms with Crippen LogP contribution in [0.15, 0.2) is 41.1 Å². The first kappa shape index (κ1) is 27.9. The van der Waals surface area contributed by atoms with Gasteiger partial charge in [0.15, 0.2) is 11.9 Å². The third-order valence-electron chi connectivity index (χ3n) is 5.00. The first-order valence-corrected chi connectivity index (χ1v) is 11.0. The summed E-state index contributed by atoms with van der Waals surface area (Å²) in [5.74, 6) is -0.826. The number of rotatable bonds is 10. The molecule has 35 heavy (non-hydrogen) atoms. The lowest BCUT2D eigenvalue weighted by Gasteiger charge is -2.13. The molecular weight excluding hydrogens is 479 g/mol. The third-order valence-corrected chi connectivity index (χ3v) is 5.00. The number of carbonyl (C=O) groups excluding carboxylic acids is 2. The van der Waals surface area contributed by atoms with E-state index in [-0.39, 0.29) is 48.0 Å². The van der Waals surface area contributed by atoms with Crippen LogP contribution in [0.2, 0.25) is 0 Å². The predicted molar refractivity (Wildman–Crippen MR) is 128 cm³/mol. The van der Waals surface area contributed by atoms with E-state index in [0.717, 1.165) is 6.07 Å². The van der Waals surface area contributed by atoms with Crippen molar-refractivity contribution in [3.63, 3.8) is 0 Å². The van der Waals surface area contributed by atoms with E-state index in [4.69, 9.17) is 14.4 Å². The average Bonchev–Trinajstić information content (AvgIpc) is 3.32. The van der Waals surface area contributed by atoms with Gasteiger partial charge in [-0.05, 0) is 37.6 Å². The first-order chi connectivity index (χ1) is 16.2. The van der Waals surface area contributed by atoms with E-state index in [2.05, 4.69) is 20.4 Å². The van der Waals surface area contributed by atoms with Crippen molar-refractivity contribution in [2.75, 3.05) is 6.61 Å². The zero-order valence-electron chi connectivity index (χ0n) is 19.8. The highest BCUT2D eigenvalue weighted by Gasteiger charge is 2.22. The topological polar surface area (TPSA) is 127 Å². The summed E-state index contributed by atoms with van der Waals surface area (Å²) in [5.41, 5.74) is 0.530. The smallest absolute Gasteiger partial charge is 0.268 e. The lowest BCUT2D eigenvalue weighted by atomic mass is 10.1. The Kier molecular flexibility index (Phi) is 9.85. The molecule has 0 aliphatic heterocycles. The van der Waals surface area contributed by atoms with E-state index >= 15 is 0 Å². The van der Waals surface area contributed by atoms with Crippen molar-refractivity contribution in [3.05, 3.63) is 59.5 Å². The summed E-state index contributed by atoms with van der Waals surface area (Å²) in [6, 6.07) is 6.72. The van der Waals surface area contributed by atoms with Crippen LogP contribution in [0, 0.1) is 11.7 Å². The molecule has 3 aromatic rings. The minimum Gasteiger partial charge on any atom is -0.479 e. The summed E-state index contributed by atoms with van der Waals surface area (Å²) in [6.07, 6.45) is 1.39. The summed E-state index contributed by atoms with van der Waals surface area (Å²) in [4.78, 5) is 32.6. The Labute approximate surface area is 208 Å². The zero-order valence-corrected chi connectivity index (χ0v) is 20.6. The van der Waals surface area contributed by atoms with Crippen molar-refractivity contribution in [1.82, 2.24) is 20.4 Å². The molecule has 3 rings (SSSR count). The molecule has 0 saturated carbocycles. The van der Waals surface area contributed by atoms with E-state index in [0.29, 0.717) is 23.4 Å². The highest BCUT2D eigenvalue weighted by Crippen LogP contribution is 2.26. The van der Waals surface area contributed by atoms with Gasteiger partial charge in [0, 0.05) is 17.5 Å². The van der Waals surface area contributed by atoms with Crippen molar-refractivity contribution >= 4 is 24.1 Å². The van der Waals surface area contributed by atoms with Crippen molar-refractivity contribution < 1.29 is 28.3 Å². The summed E-state index contributed by atoms with van der Waals surface area (Å²) in [7, 11) is 0. The van der Waals surface area contributed by atoms with Crippen molar-refractivity contribution in [2.45, 2.75) is 46.3 Å². The summed E-state index contributed by atoms with van der Waals surface area (Å²) in [5, 5.41) is 15.4. The average molecular weight is 507 g/mol. The third kappa shape index (κ3) is 6.83. The number of pyridine rings is 1. The van der Waals surface area contributed by atoms with Gasteiger partial charge in [-0.15, -0.1) is 12.4 Å². The van der Waals surface area contributed by atoms with E-state index in [1.807, 2.05) is 6.92 Å². The van der Waals surface area contributed by atoms with E-state index in [1.54, 1.807) is 32.9 Å². The highest BCUT2D eigenvalue weighted by atomic mass is 35.5. The van der Waals surface area contributed by atoms with Gasteiger partial charge >= 0.3 is 0 Å². The van der Waals surface area contributed by atoms with Crippen LogP contribution in [0.3, 0.4) is 0 Å². The van der Waals surface area contributed by atoms with Crippen LogP contribution in [0.25, 0.3) is 11.4 Å². The van der Waals surface area contributed by atoms with Gasteiger partial charge < -0.3 is 19.7 Å². The molecule has 2 heterocycles. The molecule has 0 spiro atoms. The summed E-state index contributed by atoms with van der Waals surface area (Å²) < 4.78 is 25.8. The fourth-order valence-electron chi connectivity index (χ4n) is 3.03. The summed E-state index contributed by atoms with van der Waals surface area (Å²) >= 11 is 0. The molecule has 0 saturated heterocycles. The Morgan fingerprint density at radius 2 is 1.94 bits per heavy atom. The number of aliphatic hydroxyl groups is 1. The molecule has 0 radical (unpaired) electrons. The molecule has 0 aliphatic rings. The lowest BCUT2D eigenvalue weighted by molar-refractivity contribution is 0.0915. The van der Waals surface area contributed by atoms with Crippen LogP contribution in [0.1, 0.15) is 67.0 Å². The number of aromatic nitrogens is 3. The molecular formula is C24H28ClFN4O5. The highest BCUT2D eigenvalue weighted by molar-refractivity contribution is 5.95. The molecule has 0 fully saturated rings. The number of carbonyl (C=O) groups is 2. The fourth-order valence-corrected chi connectivity index (χ4v) is 3.03. The molecule has 0 aliphatic carbocycles. The number of halogens is 2. The lowest BCUT2D eigenvalue weighted by Crippen LogP contribution is -2.35. The molecule has 1 aromatic carbocycles. The molecule has 2 atom stereocenters. The second-order valence-electron chi connectivity index (χ2n) is 8.12. The molecule has 11 heteroatoms. The van der Waals surface area contributed by atoms with Gasteiger partial charge in [0.25, 0.3) is 11.8 Å². The van der Waals surface area contributed by atoms with Crippen LogP contribution >= 0.6 is 12.4 Å². The van der Waals surface area contributed by atoms with Gasteiger partial charge in [-0.25, -0.2) is 9.37 Å². The first-order valence-electron chi connectivity index (χ1n) is 11.0. The number of ether oxygens (including phenoxy) is 1. The maximum absolute atomic E-state index is 14.5. The molecule has 2 aromatic heterocycles. The van der Waals surface area contributed by atoms with Crippen LogP contribution < -0.4 is 10.1 Å². The Morgan fingerprint density at radius 3 is 2.51 bits per heavy atom. The number of benzene rings is 1. The van der Waals surface area contributed by atoms with Gasteiger partial charge in [-0.3, -0.25) is 9.59 Å². The van der Waals surface area contributed by atoms with Gasteiger partial charge in [0.05, 0.1) is 18.4 Å². The Hall–Kier alpha value is -3.37. The Morgan fingerprint density at radius 1 is 1.20 bits per heavy atom. The zero-order chi connectivity index (χ0) is 24.8. The second-order valence-corrected chi connectivity index (χ2v) is 8.12. The minimum absolute atomic E-state index is 0. The van der Waals surface area contributed by atoms with Gasteiger partial charge in [0.1, 0.15) is 17.3 Å². The van der Waals surface area contributed by atoms with E-state index in [1.165, 1.54) is 18.3 Å². The number of nitrogens with one attached hydrogen (secondary N) is 1. The molecule has 188 valence electrons. The number of nitrogens with zero attached hydrogens (tertiary/aromatic N) is 3.